The van der Waals surface area contributed by atoms with Gasteiger partial charge in [-0.3, -0.25) is 9.67 Å². The molecule has 0 unspecified atom stereocenters. The lowest BCUT2D eigenvalue weighted by Crippen LogP contribution is -2.21. The molecule has 28 heavy (non-hydrogen) atoms. The van der Waals surface area contributed by atoms with E-state index in [-0.39, 0.29) is 0 Å². The summed E-state index contributed by atoms with van der Waals surface area (Å²) in [5.41, 5.74) is 2.38. The fourth-order valence-electron chi connectivity index (χ4n) is 2.73. The molecule has 8 heteroatoms. The molecule has 0 aromatic carbocycles. The van der Waals surface area contributed by atoms with E-state index in [2.05, 4.69) is 34.2 Å². The zero-order valence-corrected chi connectivity index (χ0v) is 16.5. The summed E-state index contributed by atoms with van der Waals surface area (Å²) >= 11 is 0. The average Bonchev–Trinajstić information content (AvgIpc) is 3.01. The summed E-state index contributed by atoms with van der Waals surface area (Å²) < 4.78 is 32.9. The van der Waals surface area contributed by atoms with Crippen molar-refractivity contribution in [1.82, 2.24) is 19.7 Å². The van der Waals surface area contributed by atoms with Gasteiger partial charge in [-0.2, -0.15) is 5.10 Å². The van der Waals surface area contributed by atoms with Crippen molar-refractivity contribution in [1.29, 1.82) is 0 Å². The quantitative estimate of drug-likeness (QED) is 0.623. The molecule has 0 amide bonds. The minimum atomic E-state index is -2.88. The van der Waals surface area contributed by atoms with Crippen LogP contribution in [0.5, 0.6) is 5.75 Å². The highest BCUT2D eigenvalue weighted by atomic mass is 19.3. The van der Waals surface area contributed by atoms with E-state index in [0.29, 0.717) is 18.2 Å². The molecule has 0 saturated carbocycles. The molecule has 0 aliphatic heterocycles. The number of hydrogen-bond donors (Lipinski definition) is 1. The lowest BCUT2D eigenvalue weighted by molar-refractivity contribution is -0.0232. The van der Waals surface area contributed by atoms with E-state index >= 15 is 0 Å². The maximum absolute atomic E-state index is 13.0. The molecule has 150 valence electrons. The predicted octanol–water partition coefficient (Wildman–Crippen LogP) is 4.28. The Morgan fingerprint density at radius 3 is 2.75 bits per heavy atom. The van der Waals surface area contributed by atoms with Crippen molar-refractivity contribution >= 4 is 16.7 Å². The molecular weight excluding hydrogens is 364 g/mol. The monoisotopic (exact) mass is 389 g/mol. The highest BCUT2D eigenvalue weighted by Crippen LogP contribution is 2.23. The molecule has 3 aromatic heterocycles. The number of anilines is 1. The van der Waals surface area contributed by atoms with Crippen LogP contribution in [0.1, 0.15) is 32.0 Å². The van der Waals surface area contributed by atoms with Crippen LogP contribution < -0.4 is 10.1 Å². The smallest absolute Gasteiger partial charge is 0.278 e. The maximum Gasteiger partial charge on any atom is 0.278 e. The van der Waals surface area contributed by atoms with Gasteiger partial charge in [0.05, 0.1) is 29.3 Å². The molecule has 3 heterocycles. The number of fused-ring (bicyclic) bond motifs is 1. The summed E-state index contributed by atoms with van der Waals surface area (Å²) in [6.45, 7) is 7.54. The summed E-state index contributed by atoms with van der Waals surface area (Å²) in [6.07, 6.45) is 5.15. The van der Waals surface area contributed by atoms with Gasteiger partial charge < -0.3 is 10.1 Å². The standard InChI is InChI=1S/C20H25F2N5O/c1-13(2)8-25-19-16-11-27(26-17(16)5-6-23-19)10-15-7-14(3)18(9-24-15)28-12-20(4,21)22/h5-7,9,11,13H,8,10,12H2,1-4H3,(H,23,25). The number of ether oxygens (including phenoxy) is 1. The Hall–Kier alpha value is -2.77. The number of hydrogen-bond acceptors (Lipinski definition) is 5. The van der Waals surface area contributed by atoms with Gasteiger partial charge in [-0.15, -0.1) is 0 Å². The van der Waals surface area contributed by atoms with Crippen LogP contribution in [0.2, 0.25) is 0 Å². The number of nitrogens with zero attached hydrogens (tertiary/aromatic N) is 4. The Morgan fingerprint density at radius 2 is 2.07 bits per heavy atom. The molecule has 0 fully saturated rings. The van der Waals surface area contributed by atoms with Crippen molar-refractivity contribution in [2.75, 3.05) is 18.5 Å². The van der Waals surface area contributed by atoms with Gasteiger partial charge in [0.1, 0.15) is 11.6 Å². The largest absolute Gasteiger partial charge is 0.485 e. The van der Waals surface area contributed by atoms with E-state index in [1.54, 1.807) is 10.9 Å². The van der Waals surface area contributed by atoms with Crippen LogP contribution in [-0.2, 0) is 6.54 Å². The zero-order valence-electron chi connectivity index (χ0n) is 16.5. The second-order valence-corrected chi connectivity index (χ2v) is 7.49. The lowest BCUT2D eigenvalue weighted by Gasteiger charge is -2.14. The maximum atomic E-state index is 13.0. The summed E-state index contributed by atoms with van der Waals surface area (Å²) in [5, 5.41) is 8.88. The minimum absolute atomic E-state index is 0.361. The SMILES string of the molecule is Cc1cc(Cn2cc3c(NCC(C)C)nccc3n2)ncc1OCC(C)(F)F. The lowest BCUT2D eigenvalue weighted by atomic mass is 10.2. The van der Waals surface area contributed by atoms with E-state index < -0.39 is 12.5 Å². The fourth-order valence-corrected chi connectivity index (χ4v) is 2.73. The molecule has 0 aliphatic carbocycles. The molecule has 0 atom stereocenters. The first-order chi connectivity index (χ1) is 13.2. The van der Waals surface area contributed by atoms with Gasteiger partial charge in [0.2, 0.25) is 0 Å². The number of rotatable bonds is 8. The Morgan fingerprint density at radius 1 is 1.29 bits per heavy atom. The topological polar surface area (TPSA) is 64.9 Å². The number of aromatic nitrogens is 4. The van der Waals surface area contributed by atoms with Crippen LogP contribution in [-0.4, -0.2) is 38.8 Å². The number of pyridine rings is 2. The van der Waals surface area contributed by atoms with Crippen LogP contribution in [0, 0.1) is 12.8 Å². The Balaban J connectivity index is 1.75. The second kappa shape index (κ2) is 8.08. The van der Waals surface area contributed by atoms with Crippen LogP contribution in [0.4, 0.5) is 14.6 Å². The summed E-state index contributed by atoms with van der Waals surface area (Å²) in [7, 11) is 0. The first kappa shape index (κ1) is 20.0. The van der Waals surface area contributed by atoms with Crippen molar-refractivity contribution in [2.24, 2.45) is 5.92 Å². The second-order valence-electron chi connectivity index (χ2n) is 7.49. The van der Waals surface area contributed by atoms with E-state index in [1.165, 1.54) is 6.20 Å². The number of alkyl halides is 2. The number of nitrogens with one attached hydrogen (secondary N) is 1. The van der Waals surface area contributed by atoms with Gasteiger partial charge in [0.25, 0.3) is 5.92 Å². The van der Waals surface area contributed by atoms with Crippen molar-refractivity contribution in [3.05, 3.63) is 42.0 Å². The molecule has 0 aliphatic rings. The average molecular weight is 389 g/mol. The summed E-state index contributed by atoms with van der Waals surface area (Å²) in [4.78, 5) is 8.73. The molecule has 1 N–H and O–H groups in total. The molecule has 6 nitrogen and oxygen atoms in total. The van der Waals surface area contributed by atoms with Gasteiger partial charge in [-0.25, -0.2) is 13.8 Å². The van der Waals surface area contributed by atoms with Crippen LogP contribution in [0.15, 0.2) is 30.7 Å². The number of aryl methyl sites for hydroxylation is 1. The van der Waals surface area contributed by atoms with Gasteiger partial charge in [0, 0.05) is 25.9 Å². The zero-order chi connectivity index (χ0) is 20.3. The van der Waals surface area contributed by atoms with Crippen LogP contribution in [0.3, 0.4) is 0 Å². The van der Waals surface area contributed by atoms with Gasteiger partial charge in [-0.1, -0.05) is 13.8 Å². The molecule has 0 spiro atoms. The Labute approximate surface area is 162 Å². The highest BCUT2D eigenvalue weighted by Gasteiger charge is 2.22. The Kier molecular flexibility index (Phi) is 5.76. The molecular formula is C20H25F2N5O. The molecule has 3 rings (SSSR count). The first-order valence-electron chi connectivity index (χ1n) is 9.23. The van der Waals surface area contributed by atoms with Gasteiger partial charge >= 0.3 is 0 Å². The summed E-state index contributed by atoms with van der Waals surface area (Å²) in [5.74, 6) is -1.20. The Bertz CT molecular complexity index is 949. The van der Waals surface area contributed by atoms with Crippen molar-refractivity contribution in [2.45, 2.75) is 40.2 Å². The van der Waals surface area contributed by atoms with Gasteiger partial charge in [0.15, 0.2) is 6.61 Å². The molecule has 0 bridgehead atoms. The normalized spacial score (nSPS) is 12.0. The van der Waals surface area contributed by atoms with Crippen molar-refractivity contribution in [3.8, 4) is 5.75 Å². The van der Waals surface area contributed by atoms with Crippen molar-refractivity contribution in [3.63, 3.8) is 0 Å². The van der Waals surface area contributed by atoms with E-state index in [4.69, 9.17) is 4.74 Å². The predicted molar refractivity (Wildman–Crippen MR) is 105 cm³/mol. The third-order valence-corrected chi connectivity index (χ3v) is 4.08. The van der Waals surface area contributed by atoms with Gasteiger partial charge in [-0.05, 0) is 30.5 Å². The van der Waals surface area contributed by atoms with Crippen molar-refractivity contribution < 1.29 is 13.5 Å². The van der Waals surface area contributed by atoms with Crippen LogP contribution in [0.25, 0.3) is 10.9 Å². The first-order valence-corrected chi connectivity index (χ1v) is 9.23. The molecule has 0 radical (unpaired) electrons. The van der Waals surface area contributed by atoms with E-state index in [9.17, 15) is 8.78 Å². The fraction of sp³-hybridized carbons (Fsp3) is 0.450. The minimum Gasteiger partial charge on any atom is -0.485 e. The number of halogens is 2. The van der Waals surface area contributed by atoms with Crippen LogP contribution >= 0.6 is 0 Å². The van der Waals surface area contributed by atoms with E-state index in [1.807, 2.05) is 25.3 Å². The molecule has 0 saturated heterocycles. The summed E-state index contributed by atoms with van der Waals surface area (Å²) in [6, 6.07) is 3.69. The third-order valence-electron chi connectivity index (χ3n) is 4.08. The third kappa shape index (κ3) is 5.15. The van der Waals surface area contributed by atoms with E-state index in [0.717, 1.165) is 41.4 Å². The highest BCUT2D eigenvalue weighted by molar-refractivity contribution is 5.88. The molecule has 3 aromatic rings.